The Balaban J connectivity index is 1.28. The van der Waals surface area contributed by atoms with Gasteiger partial charge in [0.1, 0.15) is 17.5 Å². The van der Waals surface area contributed by atoms with Gasteiger partial charge in [-0.2, -0.15) is 18.3 Å². The highest BCUT2D eigenvalue weighted by Gasteiger charge is 2.37. The topological polar surface area (TPSA) is 90.8 Å². The molecule has 1 aromatic carbocycles. The minimum absolute atomic E-state index is 0.291. The summed E-state index contributed by atoms with van der Waals surface area (Å²) in [6.07, 6.45) is -2.00. The minimum Gasteiger partial charge on any atom is -0.353 e. The summed E-state index contributed by atoms with van der Waals surface area (Å²) in [7, 11) is 1.37. The molecule has 0 aliphatic carbocycles. The van der Waals surface area contributed by atoms with E-state index in [0.29, 0.717) is 33.9 Å². The summed E-state index contributed by atoms with van der Waals surface area (Å²) in [4.78, 5) is 18.7. The van der Waals surface area contributed by atoms with Gasteiger partial charge in [0.05, 0.1) is 16.7 Å². The molecule has 0 saturated carbocycles. The average molecular weight is 530 g/mol. The lowest BCUT2D eigenvalue weighted by Gasteiger charge is -2.44. The van der Waals surface area contributed by atoms with E-state index in [4.69, 9.17) is 4.98 Å². The highest BCUT2D eigenvalue weighted by Crippen LogP contribution is 2.35. The van der Waals surface area contributed by atoms with E-state index in [1.165, 1.54) is 31.7 Å². The molecule has 9 nitrogen and oxygen atoms in total. The molecule has 0 atom stereocenters. The Hall–Kier alpha value is -3.32. The first kappa shape index (κ1) is 24.0. The predicted octanol–water partition coefficient (Wildman–Crippen LogP) is 4.59. The first-order valence-corrected chi connectivity index (χ1v) is 12.9. The molecule has 6 rings (SSSR count). The number of hydrogen-bond donors (Lipinski definition) is 2. The van der Waals surface area contributed by atoms with Gasteiger partial charge in [0, 0.05) is 43.2 Å². The van der Waals surface area contributed by atoms with Crippen molar-refractivity contribution in [2.75, 3.05) is 36.4 Å². The number of aryl methyl sites for hydroxylation is 2. The Kier molecular flexibility index (Phi) is 5.98. The van der Waals surface area contributed by atoms with Crippen molar-refractivity contribution in [3.63, 3.8) is 0 Å². The van der Waals surface area contributed by atoms with E-state index in [2.05, 4.69) is 35.3 Å². The molecule has 3 aromatic heterocycles. The maximum atomic E-state index is 13.3. The third-order valence-electron chi connectivity index (χ3n) is 6.82. The van der Waals surface area contributed by atoms with E-state index in [1.54, 1.807) is 18.2 Å². The maximum Gasteiger partial charge on any atom is 0.449 e. The van der Waals surface area contributed by atoms with Gasteiger partial charge in [0.25, 0.3) is 0 Å². The number of aromatic amines is 1. The van der Waals surface area contributed by atoms with Crippen molar-refractivity contribution in [2.24, 2.45) is 7.05 Å². The second-order valence-corrected chi connectivity index (χ2v) is 10.5. The first-order valence-electron chi connectivity index (χ1n) is 12.1. The van der Waals surface area contributed by atoms with Crippen LogP contribution in [0.5, 0.6) is 0 Å². The normalized spacial score (nSPS) is 17.1. The highest BCUT2D eigenvalue weighted by molar-refractivity contribution is 7.99. The van der Waals surface area contributed by atoms with Gasteiger partial charge in [-0.15, -0.1) is 0 Å². The van der Waals surface area contributed by atoms with Crippen LogP contribution in [0.3, 0.4) is 0 Å². The van der Waals surface area contributed by atoms with Gasteiger partial charge in [-0.3, -0.25) is 10.00 Å². The van der Waals surface area contributed by atoms with Crippen LogP contribution in [0.15, 0.2) is 40.4 Å². The van der Waals surface area contributed by atoms with Crippen LogP contribution in [0, 0.1) is 6.92 Å². The number of alkyl halides is 3. The van der Waals surface area contributed by atoms with E-state index in [-0.39, 0.29) is 0 Å². The van der Waals surface area contributed by atoms with Crippen LogP contribution in [0.2, 0.25) is 0 Å². The van der Waals surface area contributed by atoms with Crippen molar-refractivity contribution >= 4 is 40.2 Å². The molecular formula is C24H26F3N9S. The molecule has 2 N–H and O–H groups in total. The first-order chi connectivity index (χ1) is 17.7. The SMILES string of the molecule is Cc1cc(Nc2cc(N3CC(N4CCCC4)C3)nc(Sc3ccc4nc(C(F)(F)F)n(C)c4c3)n2)[nH]n1. The lowest BCUT2D eigenvalue weighted by molar-refractivity contribution is -0.146. The molecular weight excluding hydrogens is 503 g/mol. The summed E-state index contributed by atoms with van der Waals surface area (Å²) in [5, 5.41) is 10.9. The fourth-order valence-corrected chi connectivity index (χ4v) is 5.68. The van der Waals surface area contributed by atoms with Crippen LogP contribution in [0.25, 0.3) is 11.0 Å². The van der Waals surface area contributed by atoms with E-state index >= 15 is 0 Å². The molecule has 0 amide bonds. The molecule has 0 radical (unpaired) electrons. The van der Waals surface area contributed by atoms with Crippen molar-refractivity contribution in [3.05, 3.63) is 41.9 Å². The van der Waals surface area contributed by atoms with Crippen molar-refractivity contribution in [1.82, 2.24) is 34.6 Å². The van der Waals surface area contributed by atoms with Crippen LogP contribution in [0.1, 0.15) is 24.4 Å². The molecule has 5 heterocycles. The summed E-state index contributed by atoms with van der Waals surface area (Å²) < 4.78 is 41.0. The van der Waals surface area contributed by atoms with E-state index in [1.807, 2.05) is 19.1 Å². The number of halogens is 3. The lowest BCUT2D eigenvalue weighted by Crippen LogP contribution is -2.59. The third kappa shape index (κ3) is 4.85. The summed E-state index contributed by atoms with van der Waals surface area (Å²) in [6.45, 7) is 6.02. The summed E-state index contributed by atoms with van der Waals surface area (Å²) in [5.41, 5.74) is 1.54. The molecule has 37 heavy (non-hydrogen) atoms. The predicted molar refractivity (Wildman–Crippen MR) is 135 cm³/mol. The molecule has 2 fully saturated rings. The Morgan fingerprint density at radius 1 is 1.05 bits per heavy atom. The summed E-state index contributed by atoms with van der Waals surface area (Å²) in [6, 6.07) is 9.37. The van der Waals surface area contributed by atoms with Gasteiger partial charge in [-0.05, 0) is 62.8 Å². The fraction of sp³-hybridized carbons (Fsp3) is 0.417. The largest absolute Gasteiger partial charge is 0.449 e. The van der Waals surface area contributed by atoms with Crippen LogP contribution >= 0.6 is 11.8 Å². The monoisotopic (exact) mass is 529 g/mol. The van der Waals surface area contributed by atoms with Gasteiger partial charge in [0.2, 0.25) is 5.82 Å². The van der Waals surface area contributed by atoms with Crippen molar-refractivity contribution in [1.29, 1.82) is 0 Å². The van der Waals surface area contributed by atoms with Crippen LogP contribution < -0.4 is 10.2 Å². The van der Waals surface area contributed by atoms with Crippen LogP contribution in [-0.2, 0) is 13.2 Å². The molecule has 4 aromatic rings. The zero-order valence-electron chi connectivity index (χ0n) is 20.4. The van der Waals surface area contributed by atoms with Crippen LogP contribution in [0.4, 0.5) is 30.6 Å². The second-order valence-electron chi connectivity index (χ2n) is 9.49. The molecule has 0 spiro atoms. The Morgan fingerprint density at radius 3 is 2.54 bits per heavy atom. The van der Waals surface area contributed by atoms with Gasteiger partial charge in [-0.1, -0.05) is 0 Å². The lowest BCUT2D eigenvalue weighted by atomic mass is 10.1. The third-order valence-corrected chi connectivity index (χ3v) is 7.67. The smallest absolute Gasteiger partial charge is 0.353 e. The number of hydrogen-bond acceptors (Lipinski definition) is 8. The van der Waals surface area contributed by atoms with E-state index in [0.717, 1.165) is 47.2 Å². The number of likely N-dealkylation sites (tertiary alicyclic amines) is 1. The molecule has 194 valence electrons. The number of benzene rings is 1. The molecule has 2 aliphatic heterocycles. The summed E-state index contributed by atoms with van der Waals surface area (Å²) >= 11 is 1.30. The number of anilines is 3. The average Bonchev–Trinajstić information content (AvgIpc) is 3.54. The standard InChI is InChI=1S/C24H26F3N9S/c1-14-9-20(33-32-14)29-19-11-21(36-12-15(13-36)35-7-3-4-8-35)31-23(30-19)37-16-5-6-17-18(10-16)34(2)22(28-17)24(25,26)27/h5-6,9-11,15H,3-4,7-8,12-13H2,1-2H3,(H2,29,30,31,32,33). The van der Waals surface area contributed by atoms with Crippen molar-refractivity contribution in [2.45, 2.75) is 42.0 Å². The Bertz CT molecular complexity index is 1440. The minimum atomic E-state index is -4.52. The quantitative estimate of drug-likeness (QED) is 0.351. The van der Waals surface area contributed by atoms with E-state index < -0.39 is 12.0 Å². The number of rotatable bonds is 6. The van der Waals surface area contributed by atoms with Gasteiger partial charge < -0.3 is 14.8 Å². The van der Waals surface area contributed by atoms with Crippen molar-refractivity contribution in [3.8, 4) is 0 Å². The number of nitrogens with one attached hydrogen (secondary N) is 2. The van der Waals surface area contributed by atoms with Gasteiger partial charge >= 0.3 is 6.18 Å². The van der Waals surface area contributed by atoms with E-state index in [9.17, 15) is 13.2 Å². The second kappa shape index (κ2) is 9.21. The number of imidazole rings is 1. The zero-order valence-corrected chi connectivity index (χ0v) is 21.2. The van der Waals surface area contributed by atoms with Gasteiger partial charge in [-0.25, -0.2) is 15.0 Å². The number of H-pyrrole nitrogens is 1. The fourth-order valence-electron chi connectivity index (χ4n) is 4.88. The molecule has 13 heteroatoms. The molecule has 2 saturated heterocycles. The van der Waals surface area contributed by atoms with Crippen molar-refractivity contribution < 1.29 is 13.2 Å². The van der Waals surface area contributed by atoms with Crippen LogP contribution in [-0.4, -0.2) is 66.8 Å². The molecule has 2 aliphatic rings. The maximum absolute atomic E-state index is 13.3. The van der Waals surface area contributed by atoms with Gasteiger partial charge in [0.15, 0.2) is 5.16 Å². The number of nitrogens with zero attached hydrogens (tertiary/aromatic N) is 7. The highest BCUT2D eigenvalue weighted by atomic mass is 32.2. The Labute approximate surface area is 215 Å². The molecule has 0 bridgehead atoms. The number of aromatic nitrogens is 6. The zero-order chi connectivity index (χ0) is 25.7. The number of fused-ring (bicyclic) bond motifs is 1. The molecule has 0 unspecified atom stereocenters. The summed E-state index contributed by atoms with van der Waals surface area (Å²) in [5.74, 6) is 1.22. The Morgan fingerprint density at radius 2 is 1.84 bits per heavy atom.